The molecule has 1 aliphatic heterocycles. The van der Waals surface area contributed by atoms with Crippen LogP contribution in [0.4, 0.5) is 5.69 Å². The Morgan fingerprint density at radius 2 is 1.73 bits per heavy atom. The predicted octanol–water partition coefficient (Wildman–Crippen LogP) is 3.45. The smallest absolute Gasteiger partial charge is 0.238 e. The number of halogens is 1. The summed E-state index contributed by atoms with van der Waals surface area (Å²) >= 11 is 3.49. The molecular weight excluding hydrogens is 344 g/mol. The number of carbonyl (C=O) groups excluding carboxylic acids is 2. The number of nitrogens with zero attached hydrogens (tertiary/aromatic N) is 2. The summed E-state index contributed by atoms with van der Waals surface area (Å²) in [6.07, 6.45) is 6.96. The molecule has 0 radical (unpaired) electrons. The van der Waals surface area contributed by atoms with E-state index in [0.29, 0.717) is 24.0 Å². The summed E-state index contributed by atoms with van der Waals surface area (Å²) in [4.78, 5) is 31.1. The topological polar surface area (TPSA) is 50.3 Å². The lowest BCUT2D eigenvalue weighted by Crippen LogP contribution is -2.31. The van der Waals surface area contributed by atoms with Crippen LogP contribution < -0.4 is 4.90 Å². The van der Waals surface area contributed by atoms with Crippen LogP contribution in [0.3, 0.4) is 0 Å². The highest BCUT2D eigenvalue weighted by molar-refractivity contribution is 9.10. The number of allylic oxidation sites excluding steroid dienone is 2. The number of hydrogen-bond acceptors (Lipinski definition) is 3. The van der Waals surface area contributed by atoms with Gasteiger partial charge < -0.3 is 0 Å². The largest absolute Gasteiger partial charge is 0.274 e. The number of benzene rings is 1. The van der Waals surface area contributed by atoms with E-state index in [1.165, 1.54) is 4.90 Å². The number of carbonyl (C=O) groups is 2. The fourth-order valence-corrected chi connectivity index (χ4v) is 3.79. The van der Waals surface area contributed by atoms with Gasteiger partial charge in [-0.15, -0.1) is 0 Å². The van der Waals surface area contributed by atoms with Crippen molar-refractivity contribution in [1.82, 2.24) is 4.98 Å². The Hall–Kier alpha value is -2.01. The van der Waals surface area contributed by atoms with E-state index in [0.717, 1.165) is 9.86 Å². The second kappa shape index (κ2) is 5.02. The average molecular weight is 357 g/mol. The van der Waals surface area contributed by atoms with Gasteiger partial charge in [-0.2, -0.15) is 0 Å². The number of hydrogen-bond donors (Lipinski definition) is 0. The number of fused-ring (bicyclic) bond motifs is 2. The first-order valence-electron chi connectivity index (χ1n) is 7.24. The molecule has 5 heteroatoms. The van der Waals surface area contributed by atoms with Crippen LogP contribution in [0.2, 0.25) is 0 Å². The van der Waals surface area contributed by atoms with Crippen molar-refractivity contribution in [2.24, 2.45) is 11.8 Å². The molecule has 110 valence electrons. The first-order chi connectivity index (χ1) is 10.7. The maximum atomic E-state index is 12.7. The molecule has 2 heterocycles. The Balaban J connectivity index is 1.88. The Morgan fingerprint density at radius 1 is 1.05 bits per heavy atom. The van der Waals surface area contributed by atoms with E-state index < -0.39 is 0 Å². The SMILES string of the molecule is O=C1[C@@H]2CC=CC[C@H]2C(=O)N1c1ccc(Br)c2cccnc12. The normalized spacial score (nSPS) is 24.1. The van der Waals surface area contributed by atoms with Crippen molar-refractivity contribution in [1.29, 1.82) is 0 Å². The molecule has 2 aliphatic rings. The van der Waals surface area contributed by atoms with Gasteiger partial charge in [0.1, 0.15) is 0 Å². The molecule has 2 aromatic rings. The maximum absolute atomic E-state index is 12.7. The van der Waals surface area contributed by atoms with Gasteiger partial charge in [-0.3, -0.25) is 14.6 Å². The Kier molecular flexibility index (Phi) is 3.11. The lowest BCUT2D eigenvalue weighted by Gasteiger charge is -2.17. The summed E-state index contributed by atoms with van der Waals surface area (Å²) < 4.78 is 0.900. The van der Waals surface area contributed by atoms with Crippen LogP contribution in [0.25, 0.3) is 10.9 Å². The minimum Gasteiger partial charge on any atom is -0.274 e. The van der Waals surface area contributed by atoms with E-state index in [9.17, 15) is 9.59 Å². The number of aromatic nitrogens is 1. The van der Waals surface area contributed by atoms with Gasteiger partial charge in [0.15, 0.2) is 0 Å². The third kappa shape index (κ3) is 1.85. The Morgan fingerprint density at radius 3 is 2.41 bits per heavy atom. The van der Waals surface area contributed by atoms with Crippen molar-refractivity contribution in [3.05, 3.63) is 47.1 Å². The van der Waals surface area contributed by atoms with E-state index in [1.54, 1.807) is 12.3 Å². The lowest BCUT2D eigenvalue weighted by molar-refractivity contribution is -0.122. The number of imide groups is 1. The molecule has 1 fully saturated rings. The number of anilines is 1. The first kappa shape index (κ1) is 13.6. The monoisotopic (exact) mass is 356 g/mol. The minimum absolute atomic E-state index is 0.103. The molecule has 1 saturated heterocycles. The van der Waals surface area contributed by atoms with Gasteiger partial charge in [0, 0.05) is 16.1 Å². The number of rotatable bonds is 1. The summed E-state index contributed by atoms with van der Waals surface area (Å²) in [7, 11) is 0. The van der Waals surface area contributed by atoms with Crippen LogP contribution in [0, 0.1) is 11.8 Å². The molecule has 0 unspecified atom stereocenters. The highest BCUT2D eigenvalue weighted by Gasteiger charge is 2.48. The molecule has 22 heavy (non-hydrogen) atoms. The van der Waals surface area contributed by atoms with Crippen LogP contribution >= 0.6 is 15.9 Å². The van der Waals surface area contributed by atoms with Crippen LogP contribution in [0.1, 0.15) is 12.8 Å². The Bertz CT molecular complexity index is 805. The highest BCUT2D eigenvalue weighted by atomic mass is 79.9. The summed E-state index contributed by atoms with van der Waals surface area (Å²) in [6.45, 7) is 0. The molecule has 0 bridgehead atoms. The third-order valence-corrected chi connectivity index (χ3v) is 5.14. The second-order valence-electron chi connectivity index (χ2n) is 5.63. The fraction of sp³-hybridized carbons (Fsp3) is 0.235. The van der Waals surface area contributed by atoms with Crippen LogP contribution in [-0.4, -0.2) is 16.8 Å². The third-order valence-electron chi connectivity index (χ3n) is 4.44. The maximum Gasteiger partial charge on any atom is 0.238 e. The van der Waals surface area contributed by atoms with Gasteiger partial charge in [0.05, 0.1) is 23.0 Å². The zero-order chi connectivity index (χ0) is 15.3. The molecule has 0 spiro atoms. The molecular formula is C17H13BrN2O2. The van der Waals surface area contributed by atoms with Crippen LogP contribution in [0.15, 0.2) is 47.1 Å². The number of amides is 2. The molecule has 2 atom stereocenters. The van der Waals surface area contributed by atoms with Gasteiger partial charge in [-0.25, -0.2) is 4.90 Å². The highest BCUT2D eigenvalue weighted by Crippen LogP contribution is 2.40. The van der Waals surface area contributed by atoms with Gasteiger partial charge >= 0.3 is 0 Å². The predicted molar refractivity (Wildman–Crippen MR) is 87.3 cm³/mol. The molecule has 1 aliphatic carbocycles. The lowest BCUT2D eigenvalue weighted by atomic mass is 9.85. The summed E-state index contributed by atoms with van der Waals surface area (Å²) in [5.74, 6) is -0.651. The van der Waals surface area contributed by atoms with Crippen LogP contribution in [0.5, 0.6) is 0 Å². The van der Waals surface area contributed by atoms with E-state index >= 15 is 0 Å². The van der Waals surface area contributed by atoms with Crippen molar-refractivity contribution >= 4 is 44.3 Å². The zero-order valence-corrected chi connectivity index (χ0v) is 13.3. The van der Waals surface area contributed by atoms with E-state index in [4.69, 9.17) is 0 Å². The molecule has 4 rings (SSSR count). The zero-order valence-electron chi connectivity index (χ0n) is 11.7. The first-order valence-corrected chi connectivity index (χ1v) is 8.04. The summed E-state index contributed by atoms with van der Waals surface area (Å²) in [5, 5.41) is 0.897. The second-order valence-corrected chi connectivity index (χ2v) is 6.49. The summed E-state index contributed by atoms with van der Waals surface area (Å²) in [5.41, 5.74) is 1.26. The van der Waals surface area contributed by atoms with Crippen molar-refractivity contribution in [2.75, 3.05) is 4.90 Å². The minimum atomic E-state index is -0.222. The van der Waals surface area contributed by atoms with Crippen molar-refractivity contribution in [3.63, 3.8) is 0 Å². The molecule has 1 aromatic carbocycles. The van der Waals surface area contributed by atoms with Gasteiger partial charge in [0.25, 0.3) is 0 Å². The Labute approximate surface area is 136 Å². The van der Waals surface area contributed by atoms with Gasteiger partial charge in [-0.05, 0) is 31.0 Å². The molecule has 4 nitrogen and oxygen atoms in total. The van der Waals surface area contributed by atoms with Gasteiger partial charge in [0.2, 0.25) is 11.8 Å². The fourth-order valence-electron chi connectivity index (χ4n) is 3.34. The quantitative estimate of drug-likeness (QED) is 0.580. The summed E-state index contributed by atoms with van der Waals surface area (Å²) in [6, 6.07) is 7.42. The molecule has 1 aromatic heterocycles. The van der Waals surface area contributed by atoms with Gasteiger partial charge in [-0.1, -0.05) is 34.1 Å². The standard InChI is InChI=1S/C17H13BrN2O2/c18-13-7-8-14(15-12(13)6-3-9-19-15)20-16(21)10-4-1-2-5-11(10)17(20)22/h1-3,6-11H,4-5H2/t10-,11-/m1/s1. The molecule has 0 saturated carbocycles. The molecule has 0 N–H and O–H groups in total. The van der Waals surface area contributed by atoms with Crippen LogP contribution in [-0.2, 0) is 9.59 Å². The number of pyridine rings is 1. The van der Waals surface area contributed by atoms with Crippen molar-refractivity contribution < 1.29 is 9.59 Å². The van der Waals surface area contributed by atoms with Crippen molar-refractivity contribution in [2.45, 2.75) is 12.8 Å². The molecule has 2 amide bonds. The van der Waals surface area contributed by atoms with Crippen molar-refractivity contribution in [3.8, 4) is 0 Å². The van der Waals surface area contributed by atoms with E-state index in [1.807, 2.05) is 30.4 Å². The van der Waals surface area contributed by atoms with E-state index in [-0.39, 0.29) is 23.7 Å². The van der Waals surface area contributed by atoms with E-state index in [2.05, 4.69) is 20.9 Å². The average Bonchev–Trinajstić information content (AvgIpc) is 2.81.